The third-order valence-electron chi connectivity index (χ3n) is 5.29. The average molecular weight is 329 g/mol. The molecule has 1 saturated carbocycles. The number of rotatable bonds is 4. The first-order valence-corrected chi connectivity index (χ1v) is 9.21. The van der Waals surface area contributed by atoms with Gasteiger partial charge in [0.25, 0.3) is 5.91 Å². The molecule has 0 aromatic carbocycles. The van der Waals surface area contributed by atoms with Gasteiger partial charge in [-0.1, -0.05) is 19.3 Å². The van der Waals surface area contributed by atoms with Gasteiger partial charge in [-0.15, -0.1) is 0 Å². The van der Waals surface area contributed by atoms with Crippen LogP contribution in [0, 0.1) is 5.92 Å². The lowest BCUT2D eigenvalue weighted by atomic mass is 9.86. The van der Waals surface area contributed by atoms with Crippen LogP contribution in [0.1, 0.15) is 61.7 Å². The van der Waals surface area contributed by atoms with Crippen LogP contribution in [0.4, 0.5) is 0 Å². The molecule has 0 bridgehead atoms. The summed E-state index contributed by atoms with van der Waals surface area (Å²) in [5.41, 5.74) is 0.591. The number of carbonyl (C=O) groups is 2. The molecular weight excluding hydrogens is 302 g/mol. The highest BCUT2D eigenvalue weighted by atomic mass is 16.2. The Morgan fingerprint density at radius 2 is 1.88 bits per heavy atom. The highest BCUT2D eigenvalue weighted by Crippen LogP contribution is 2.27. The average Bonchev–Trinajstić information content (AvgIpc) is 2.64. The molecule has 24 heavy (non-hydrogen) atoms. The SMILES string of the molecule is O=C(NC1CCN(C(=O)CC2CCCCC2)CC1)c1cccnc1. The Morgan fingerprint density at radius 3 is 2.54 bits per heavy atom. The van der Waals surface area contributed by atoms with Gasteiger partial charge in [0.15, 0.2) is 0 Å². The van der Waals surface area contributed by atoms with E-state index in [4.69, 9.17) is 0 Å². The minimum Gasteiger partial charge on any atom is -0.349 e. The zero-order chi connectivity index (χ0) is 16.8. The monoisotopic (exact) mass is 329 g/mol. The van der Waals surface area contributed by atoms with Crippen LogP contribution in [-0.4, -0.2) is 40.8 Å². The second-order valence-corrected chi connectivity index (χ2v) is 7.08. The van der Waals surface area contributed by atoms with Crippen LogP contribution in [0.25, 0.3) is 0 Å². The topological polar surface area (TPSA) is 62.3 Å². The summed E-state index contributed by atoms with van der Waals surface area (Å²) in [6.45, 7) is 1.51. The number of amides is 2. The lowest BCUT2D eigenvalue weighted by molar-refractivity contribution is -0.133. The van der Waals surface area contributed by atoms with E-state index in [1.54, 1.807) is 24.5 Å². The van der Waals surface area contributed by atoms with E-state index in [-0.39, 0.29) is 11.9 Å². The van der Waals surface area contributed by atoms with Crippen LogP contribution in [0.15, 0.2) is 24.5 Å². The van der Waals surface area contributed by atoms with Crippen molar-refractivity contribution >= 4 is 11.8 Å². The molecule has 0 atom stereocenters. The summed E-state index contributed by atoms with van der Waals surface area (Å²) in [5.74, 6) is 0.822. The summed E-state index contributed by atoms with van der Waals surface area (Å²) < 4.78 is 0. The molecule has 1 aromatic heterocycles. The number of pyridine rings is 1. The van der Waals surface area contributed by atoms with Crippen molar-refractivity contribution in [2.45, 2.75) is 57.4 Å². The first-order valence-electron chi connectivity index (χ1n) is 9.21. The number of nitrogens with one attached hydrogen (secondary N) is 1. The molecule has 2 heterocycles. The molecule has 1 N–H and O–H groups in total. The van der Waals surface area contributed by atoms with E-state index >= 15 is 0 Å². The Bertz CT molecular complexity index is 547. The molecule has 5 nitrogen and oxygen atoms in total. The van der Waals surface area contributed by atoms with E-state index < -0.39 is 0 Å². The van der Waals surface area contributed by atoms with Gasteiger partial charge < -0.3 is 10.2 Å². The number of likely N-dealkylation sites (tertiary alicyclic amines) is 1. The third kappa shape index (κ3) is 4.56. The van der Waals surface area contributed by atoms with Crippen molar-refractivity contribution in [2.24, 2.45) is 5.92 Å². The fourth-order valence-corrected chi connectivity index (χ4v) is 3.81. The zero-order valence-electron chi connectivity index (χ0n) is 14.2. The maximum atomic E-state index is 12.4. The normalized spacial score (nSPS) is 19.9. The van der Waals surface area contributed by atoms with Crippen LogP contribution < -0.4 is 5.32 Å². The second-order valence-electron chi connectivity index (χ2n) is 7.08. The highest BCUT2D eigenvalue weighted by Gasteiger charge is 2.26. The van der Waals surface area contributed by atoms with Crippen molar-refractivity contribution in [3.8, 4) is 0 Å². The Labute approximate surface area is 143 Å². The molecule has 5 heteroatoms. The van der Waals surface area contributed by atoms with Gasteiger partial charge in [-0.3, -0.25) is 14.6 Å². The third-order valence-corrected chi connectivity index (χ3v) is 5.29. The standard InChI is InChI=1S/C19H27N3O2/c23-18(13-15-5-2-1-3-6-15)22-11-8-17(9-12-22)21-19(24)16-7-4-10-20-14-16/h4,7,10,14-15,17H,1-3,5-6,8-9,11-13H2,(H,21,24). The Hall–Kier alpha value is -1.91. The number of aromatic nitrogens is 1. The van der Waals surface area contributed by atoms with Crippen LogP contribution in [0.3, 0.4) is 0 Å². The van der Waals surface area contributed by atoms with E-state index in [1.165, 1.54) is 32.1 Å². The summed E-state index contributed by atoms with van der Waals surface area (Å²) >= 11 is 0. The Balaban J connectivity index is 1.42. The molecule has 1 aromatic rings. The maximum Gasteiger partial charge on any atom is 0.253 e. The number of hydrogen-bond donors (Lipinski definition) is 1. The molecule has 0 spiro atoms. The molecule has 2 amide bonds. The van der Waals surface area contributed by atoms with Crippen LogP contribution >= 0.6 is 0 Å². The molecule has 1 aliphatic heterocycles. The van der Waals surface area contributed by atoms with Gasteiger partial charge in [0.05, 0.1) is 5.56 Å². The second kappa shape index (κ2) is 8.27. The van der Waals surface area contributed by atoms with Crippen LogP contribution in [0.5, 0.6) is 0 Å². The van der Waals surface area contributed by atoms with Crippen molar-refractivity contribution < 1.29 is 9.59 Å². The molecule has 130 valence electrons. The van der Waals surface area contributed by atoms with Gasteiger partial charge in [-0.2, -0.15) is 0 Å². The van der Waals surface area contributed by atoms with Crippen molar-refractivity contribution in [1.29, 1.82) is 0 Å². The van der Waals surface area contributed by atoms with E-state index in [0.717, 1.165) is 25.9 Å². The first-order chi connectivity index (χ1) is 11.7. The van der Waals surface area contributed by atoms with Crippen molar-refractivity contribution in [1.82, 2.24) is 15.2 Å². The minimum atomic E-state index is -0.0740. The zero-order valence-corrected chi connectivity index (χ0v) is 14.2. The Morgan fingerprint density at radius 1 is 1.12 bits per heavy atom. The van der Waals surface area contributed by atoms with Crippen molar-refractivity contribution in [2.75, 3.05) is 13.1 Å². The molecule has 0 unspecified atom stereocenters. The summed E-state index contributed by atoms with van der Waals surface area (Å²) in [7, 11) is 0. The lowest BCUT2D eigenvalue weighted by Gasteiger charge is -2.33. The Kier molecular flexibility index (Phi) is 5.83. The number of piperidine rings is 1. The fourth-order valence-electron chi connectivity index (χ4n) is 3.81. The smallest absolute Gasteiger partial charge is 0.253 e. The van der Waals surface area contributed by atoms with Crippen molar-refractivity contribution in [3.63, 3.8) is 0 Å². The van der Waals surface area contributed by atoms with E-state index in [9.17, 15) is 9.59 Å². The summed E-state index contributed by atoms with van der Waals surface area (Å²) in [6, 6.07) is 3.68. The van der Waals surface area contributed by atoms with Gasteiger partial charge in [0.2, 0.25) is 5.91 Å². The minimum absolute atomic E-state index is 0.0740. The molecule has 1 saturated heterocycles. The summed E-state index contributed by atoms with van der Waals surface area (Å²) in [4.78, 5) is 30.6. The van der Waals surface area contributed by atoms with Gasteiger partial charge in [-0.05, 0) is 43.7 Å². The van der Waals surface area contributed by atoms with Crippen LogP contribution in [-0.2, 0) is 4.79 Å². The predicted molar refractivity (Wildman–Crippen MR) is 92.5 cm³/mol. The first kappa shape index (κ1) is 16.9. The molecule has 2 aliphatic rings. The number of carbonyl (C=O) groups excluding carboxylic acids is 2. The van der Waals surface area contributed by atoms with E-state index in [2.05, 4.69) is 10.3 Å². The van der Waals surface area contributed by atoms with Gasteiger partial charge in [0.1, 0.15) is 0 Å². The highest BCUT2D eigenvalue weighted by molar-refractivity contribution is 5.94. The predicted octanol–water partition coefficient (Wildman–Crippen LogP) is 2.77. The quantitative estimate of drug-likeness (QED) is 0.924. The fraction of sp³-hybridized carbons (Fsp3) is 0.632. The van der Waals surface area contributed by atoms with Gasteiger partial charge >= 0.3 is 0 Å². The molecule has 2 fully saturated rings. The molecule has 1 aliphatic carbocycles. The summed E-state index contributed by atoms with van der Waals surface area (Å²) in [5, 5.41) is 3.06. The number of hydrogen-bond acceptors (Lipinski definition) is 3. The van der Waals surface area contributed by atoms with E-state index in [1.807, 2.05) is 4.90 Å². The van der Waals surface area contributed by atoms with E-state index in [0.29, 0.717) is 23.8 Å². The lowest BCUT2D eigenvalue weighted by Crippen LogP contribution is -2.46. The van der Waals surface area contributed by atoms with Crippen LogP contribution in [0.2, 0.25) is 0 Å². The van der Waals surface area contributed by atoms with Crippen molar-refractivity contribution in [3.05, 3.63) is 30.1 Å². The maximum absolute atomic E-state index is 12.4. The summed E-state index contributed by atoms with van der Waals surface area (Å²) in [6.07, 6.45) is 11.9. The molecule has 0 radical (unpaired) electrons. The largest absolute Gasteiger partial charge is 0.349 e. The molecular formula is C19H27N3O2. The molecule has 3 rings (SSSR count). The van der Waals surface area contributed by atoms with Gasteiger partial charge in [-0.25, -0.2) is 0 Å². The number of nitrogens with zero attached hydrogens (tertiary/aromatic N) is 2. The van der Waals surface area contributed by atoms with Gasteiger partial charge in [0, 0.05) is 37.9 Å².